The quantitative estimate of drug-likeness (QED) is 0.505. The maximum atomic E-state index is 5.63. The largest absolute Gasteiger partial charge is 0.382 e. The summed E-state index contributed by atoms with van der Waals surface area (Å²) in [6, 6.07) is 0. The lowest BCUT2D eigenvalue weighted by atomic mass is 10.4. The second-order valence-electron chi connectivity index (χ2n) is 3.71. The third kappa shape index (κ3) is 4.93. The number of hydrogen-bond donors (Lipinski definition) is 1. The first-order valence-electron chi connectivity index (χ1n) is 6.15. The maximum Gasteiger partial charge on any atom is 0.191 e. The van der Waals surface area contributed by atoms with Gasteiger partial charge in [0.15, 0.2) is 5.16 Å². The van der Waals surface area contributed by atoms with Crippen LogP contribution >= 0.6 is 11.8 Å². The third-order valence-electron chi connectivity index (χ3n) is 2.31. The van der Waals surface area contributed by atoms with Gasteiger partial charge in [-0.3, -0.25) is 0 Å². The normalized spacial score (nSPS) is 11.1. The second kappa shape index (κ2) is 9.32. The van der Waals surface area contributed by atoms with Crippen molar-refractivity contribution in [1.29, 1.82) is 0 Å². The molecule has 0 aromatic carbocycles. The molecule has 0 unspecified atom stereocenters. The highest BCUT2D eigenvalue weighted by molar-refractivity contribution is 7.99. The highest BCUT2D eigenvalue weighted by Crippen LogP contribution is 2.17. The van der Waals surface area contributed by atoms with Crippen LogP contribution in [0.5, 0.6) is 0 Å². The molecule has 0 aliphatic heterocycles. The van der Waals surface area contributed by atoms with Crippen LogP contribution in [0.3, 0.4) is 0 Å². The topological polar surface area (TPSA) is 75.2 Å². The summed E-state index contributed by atoms with van der Waals surface area (Å²) in [5.41, 5.74) is 5.63. The van der Waals surface area contributed by atoms with Gasteiger partial charge in [-0.15, -0.1) is 10.2 Å². The van der Waals surface area contributed by atoms with Crippen molar-refractivity contribution in [2.24, 2.45) is 5.73 Å². The zero-order chi connectivity index (χ0) is 13.2. The predicted octanol–water partition coefficient (Wildman–Crippen LogP) is 0.902. The standard InChI is InChI=1S/C11H22N4O2S/c1-3-4-15-10(9-12)13-14-11(15)18-8-7-17-6-5-16-2/h3-9,12H2,1-2H3. The number of nitrogens with zero attached hydrogens (tertiary/aromatic N) is 3. The van der Waals surface area contributed by atoms with Crippen molar-refractivity contribution in [3.8, 4) is 0 Å². The van der Waals surface area contributed by atoms with Gasteiger partial charge in [-0.25, -0.2) is 0 Å². The zero-order valence-electron chi connectivity index (χ0n) is 11.1. The van der Waals surface area contributed by atoms with Gasteiger partial charge in [0, 0.05) is 19.4 Å². The van der Waals surface area contributed by atoms with E-state index in [1.54, 1.807) is 18.9 Å². The fourth-order valence-electron chi connectivity index (χ4n) is 1.46. The average molecular weight is 274 g/mol. The van der Waals surface area contributed by atoms with Gasteiger partial charge in [0.05, 0.1) is 26.4 Å². The minimum atomic E-state index is 0.428. The summed E-state index contributed by atoms with van der Waals surface area (Å²) in [6.45, 7) is 5.42. The molecule has 0 saturated heterocycles. The lowest BCUT2D eigenvalue weighted by Gasteiger charge is -2.07. The van der Waals surface area contributed by atoms with E-state index in [1.807, 2.05) is 0 Å². The summed E-state index contributed by atoms with van der Waals surface area (Å²) in [5.74, 6) is 1.70. The first kappa shape index (κ1) is 15.4. The molecular formula is C11H22N4O2S. The van der Waals surface area contributed by atoms with Gasteiger partial charge in [0.25, 0.3) is 0 Å². The molecule has 0 fully saturated rings. The predicted molar refractivity (Wildman–Crippen MR) is 71.6 cm³/mol. The van der Waals surface area contributed by atoms with E-state index in [2.05, 4.69) is 21.7 Å². The Labute approximate surface area is 112 Å². The van der Waals surface area contributed by atoms with Crippen LogP contribution in [0.15, 0.2) is 5.16 Å². The van der Waals surface area contributed by atoms with Gasteiger partial charge < -0.3 is 19.8 Å². The van der Waals surface area contributed by atoms with Crippen molar-refractivity contribution in [3.63, 3.8) is 0 Å². The Morgan fingerprint density at radius 3 is 2.78 bits per heavy atom. The Kier molecular flexibility index (Phi) is 7.99. The van der Waals surface area contributed by atoms with Crippen molar-refractivity contribution in [2.75, 3.05) is 32.7 Å². The number of nitrogens with two attached hydrogens (primary N) is 1. The second-order valence-corrected chi connectivity index (χ2v) is 4.77. The van der Waals surface area contributed by atoms with Gasteiger partial charge in [0.2, 0.25) is 0 Å². The van der Waals surface area contributed by atoms with E-state index in [4.69, 9.17) is 15.2 Å². The molecule has 104 valence electrons. The van der Waals surface area contributed by atoms with E-state index in [-0.39, 0.29) is 0 Å². The minimum absolute atomic E-state index is 0.428. The summed E-state index contributed by atoms with van der Waals surface area (Å²) in [6.07, 6.45) is 1.04. The van der Waals surface area contributed by atoms with Crippen molar-refractivity contribution < 1.29 is 9.47 Å². The summed E-state index contributed by atoms with van der Waals surface area (Å²) < 4.78 is 12.4. The molecule has 1 rings (SSSR count). The Hall–Kier alpha value is -0.630. The average Bonchev–Trinajstić information content (AvgIpc) is 2.77. The first-order valence-corrected chi connectivity index (χ1v) is 7.13. The smallest absolute Gasteiger partial charge is 0.191 e. The van der Waals surface area contributed by atoms with E-state index >= 15 is 0 Å². The molecule has 1 heterocycles. The third-order valence-corrected chi connectivity index (χ3v) is 3.24. The van der Waals surface area contributed by atoms with Gasteiger partial charge in [-0.1, -0.05) is 18.7 Å². The highest BCUT2D eigenvalue weighted by atomic mass is 32.2. The molecule has 1 aromatic heterocycles. The van der Waals surface area contributed by atoms with Crippen LogP contribution in [0.2, 0.25) is 0 Å². The molecule has 0 radical (unpaired) electrons. The monoisotopic (exact) mass is 274 g/mol. The fraction of sp³-hybridized carbons (Fsp3) is 0.818. The Balaban J connectivity index is 2.34. The Bertz CT molecular complexity index is 333. The zero-order valence-corrected chi connectivity index (χ0v) is 11.9. The number of ether oxygens (including phenoxy) is 2. The van der Waals surface area contributed by atoms with Crippen LogP contribution in [0.25, 0.3) is 0 Å². The molecule has 0 aliphatic rings. The molecule has 0 saturated carbocycles. The molecule has 18 heavy (non-hydrogen) atoms. The van der Waals surface area contributed by atoms with Gasteiger partial charge in [0.1, 0.15) is 5.82 Å². The number of hydrogen-bond acceptors (Lipinski definition) is 6. The molecule has 0 bridgehead atoms. The molecule has 2 N–H and O–H groups in total. The van der Waals surface area contributed by atoms with Crippen LogP contribution in [-0.2, 0) is 22.6 Å². The molecule has 0 atom stereocenters. The maximum absolute atomic E-state index is 5.63. The number of thioether (sulfide) groups is 1. The van der Waals surface area contributed by atoms with Crippen molar-refractivity contribution >= 4 is 11.8 Å². The highest BCUT2D eigenvalue weighted by Gasteiger charge is 2.10. The molecule has 0 aliphatic carbocycles. The van der Waals surface area contributed by atoms with Gasteiger partial charge in [-0.05, 0) is 6.42 Å². The van der Waals surface area contributed by atoms with E-state index in [1.165, 1.54) is 0 Å². The van der Waals surface area contributed by atoms with Crippen molar-refractivity contribution in [1.82, 2.24) is 14.8 Å². The van der Waals surface area contributed by atoms with Crippen LogP contribution in [-0.4, -0.2) is 47.4 Å². The van der Waals surface area contributed by atoms with Crippen LogP contribution in [0.4, 0.5) is 0 Å². The van der Waals surface area contributed by atoms with Crippen LogP contribution in [0.1, 0.15) is 19.2 Å². The molecular weight excluding hydrogens is 252 g/mol. The van der Waals surface area contributed by atoms with E-state index in [0.29, 0.717) is 26.4 Å². The summed E-state index contributed by atoms with van der Waals surface area (Å²) in [7, 11) is 1.67. The Morgan fingerprint density at radius 2 is 2.11 bits per heavy atom. The molecule has 6 nitrogen and oxygen atoms in total. The van der Waals surface area contributed by atoms with E-state index in [9.17, 15) is 0 Å². The summed E-state index contributed by atoms with van der Waals surface area (Å²) in [4.78, 5) is 0. The number of methoxy groups -OCH3 is 1. The lowest BCUT2D eigenvalue weighted by Crippen LogP contribution is -2.10. The Morgan fingerprint density at radius 1 is 1.28 bits per heavy atom. The van der Waals surface area contributed by atoms with Gasteiger partial charge in [-0.2, -0.15) is 0 Å². The molecule has 0 amide bonds. The van der Waals surface area contributed by atoms with Crippen LogP contribution in [0, 0.1) is 0 Å². The van der Waals surface area contributed by atoms with E-state index in [0.717, 1.165) is 29.7 Å². The lowest BCUT2D eigenvalue weighted by molar-refractivity contribution is 0.0790. The molecule has 1 aromatic rings. The first-order chi connectivity index (χ1) is 8.83. The molecule has 7 heteroatoms. The number of aromatic nitrogens is 3. The van der Waals surface area contributed by atoms with Crippen molar-refractivity contribution in [3.05, 3.63) is 5.82 Å². The minimum Gasteiger partial charge on any atom is -0.382 e. The molecule has 0 spiro atoms. The summed E-state index contributed by atoms with van der Waals surface area (Å²) in [5, 5.41) is 9.17. The summed E-state index contributed by atoms with van der Waals surface area (Å²) >= 11 is 1.65. The number of rotatable bonds is 10. The van der Waals surface area contributed by atoms with Gasteiger partial charge >= 0.3 is 0 Å². The SMILES string of the molecule is CCCn1c(CN)nnc1SCCOCCOC. The van der Waals surface area contributed by atoms with Crippen LogP contribution < -0.4 is 5.73 Å². The van der Waals surface area contributed by atoms with Crippen molar-refractivity contribution in [2.45, 2.75) is 31.6 Å². The van der Waals surface area contributed by atoms with E-state index < -0.39 is 0 Å². The fourth-order valence-corrected chi connectivity index (χ4v) is 2.30.